The Hall–Kier alpha value is -3.03. The van der Waals surface area contributed by atoms with E-state index >= 15 is 0 Å². The van der Waals surface area contributed by atoms with Crippen LogP contribution in [0.1, 0.15) is 16.0 Å². The third-order valence-corrected chi connectivity index (χ3v) is 5.52. The topological polar surface area (TPSA) is 74.8 Å². The minimum Gasteiger partial charge on any atom is -0.493 e. The smallest absolute Gasteiger partial charge is 0.307 e. The molecule has 27 heavy (non-hydrogen) atoms. The second kappa shape index (κ2) is 6.94. The quantitative estimate of drug-likeness (QED) is 0.620. The lowest BCUT2D eigenvalue weighted by molar-refractivity contribution is -0.136. The fraction of sp³-hybridized carbons (Fsp3) is 0.0500. The van der Waals surface area contributed by atoms with E-state index in [1.165, 1.54) is 11.3 Å². The van der Waals surface area contributed by atoms with Crippen LogP contribution in [0.4, 0.5) is 5.69 Å². The van der Waals surface area contributed by atoms with Crippen molar-refractivity contribution < 1.29 is 15.0 Å². The Bertz CT molecular complexity index is 1150. The van der Waals surface area contributed by atoms with Gasteiger partial charge in [-0.15, -0.1) is 11.3 Å². The summed E-state index contributed by atoms with van der Waals surface area (Å²) < 4.78 is 2.09. The van der Waals surface area contributed by atoms with E-state index in [1.54, 1.807) is 35.0 Å². The van der Waals surface area contributed by atoms with Gasteiger partial charge >= 0.3 is 5.97 Å². The number of aromatic nitrogens is 1. The molecular weight excluding hydrogens is 380 g/mol. The largest absolute Gasteiger partial charge is 0.493 e. The number of nitrogens with zero attached hydrogens (tertiary/aromatic N) is 2. The van der Waals surface area contributed by atoms with Gasteiger partial charge in [-0.25, -0.2) is 0 Å². The molecule has 2 N–H and O–H groups in total. The van der Waals surface area contributed by atoms with E-state index in [4.69, 9.17) is 17.3 Å². The van der Waals surface area contributed by atoms with Crippen LogP contribution < -0.4 is 0 Å². The van der Waals surface area contributed by atoms with Crippen molar-refractivity contribution in [3.63, 3.8) is 0 Å². The van der Waals surface area contributed by atoms with E-state index in [1.807, 2.05) is 30.3 Å². The lowest BCUT2D eigenvalue weighted by Crippen LogP contribution is -2.00. The molecule has 0 atom stereocenters. The van der Waals surface area contributed by atoms with Gasteiger partial charge in [0.1, 0.15) is 0 Å². The van der Waals surface area contributed by atoms with Crippen LogP contribution in [-0.4, -0.2) is 27.0 Å². The Balaban J connectivity index is 1.71. The summed E-state index contributed by atoms with van der Waals surface area (Å²) in [6, 6.07) is 14.8. The zero-order valence-electron chi connectivity index (χ0n) is 14.0. The summed E-state index contributed by atoms with van der Waals surface area (Å²) in [7, 11) is 0. The number of thiazole rings is 1. The minimum absolute atomic E-state index is 0.0443. The first-order valence-electron chi connectivity index (χ1n) is 8.14. The van der Waals surface area contributed by atoms with Gasteiger partial charge in [-0.3, -0.25) is 14.4 Å². The van der Waals surface area contributed by atoms with E-state index in [-0.39, 0.29) is 12.3 Å². The monoisotopic (exact) mass is 394 g/mol. The number of carbonyl (C=O) groups is 1. The molecular formula is C20H14N2O3S2. The maximum Gasteiger partial charge on any atom is 0.307 e. The number of fused-ring (bicyclic) bond motifs is 1. The Labute approximate surface area is 164 Å². The second-order valence-electron chi connectivity index (χ2n) is 6.00. The third-order valence-electron chi connectivity index (χ3n) is 4.21. The summed E-state index contributed by atoms with van der Waals surface area (Å²) in [4.78, 5) is 15.8. The average molecular weight is 394 g/mol. The number of carboxylic acid groups (broad SMARTS) is 1. The molecule has 0 aliphatic carbocycles. The van der Waals surface area contributed by atoms with Gasteiger partial charge in [0.15, 0.2) is 3.95 Å². The van der Waals surface area contributed by atoms with E-state index in [9.17, 15) is 9.90 Å². The number of aliphatic carboxylic acids is 1. The number of aromatic hydroxyl groups is 1. The molecule has 2 heterocycles. The molecule has 5 nitrogen and oxygen atoms in total. The van der Waals surface area contributed by atoms with Crippen LogP contribution in [0.15, 0.2) is 53.5 Å². The number of hydrogen-bond acceptors (Lipinski definition) is 5. The lowest BCUT2D eigenvalue weighted by Gasteiger charge is -2.06. The van der Waals surface area contributed by atoms with Gasteiger partial charge in [-0.2, -0.15) is 0 Å². The molecule has 0 unspecified atom stereocenters. The average Bonchev–Trinajstić information content (AvgIpc) is 3.17. The van der Waals surface area contributed by atoms with Crippen molar-refractivity contribution in [2.45, 2.75) is 6.42 Å². The van der Waals surface area contributed by atoms with Gasteiger partial charge in [0.2, 0.25) is 5.88 Å². The number of rotatable bonds is 4. The van der Waals surface area contributed by atoms with Crippen molar-refractivity contribution in [3.05, 3.63) is 68.5 Å². The van der Waals surface area contributed by atoms with Gasteiger partial charge in [0.25, 0.3) is 0 Å². The Kier molecular flexibility index (Phi) is 4.47. The van der Waals surface area contributed by atoms with Crippen LogP contribution in [0.5, 0.6) is 5.88 Å². The van der Waals surface area contributed by atoms with E-state index in [0.29, 0.717) is 20.1 Å². The molecule has 1 aromatic heterocycles. The molecule has 134 valence electrons. The maximum absolute atomic E-state index is 10.8. The molecule has 2 aromatic carbocycles. The zero-order chi connectivity index (χ0) is 19.0. The van der Waals surface area contributed by atoms with Crippen LogP contribution in [-0.2, 0) is 11.2 Å². The van der Waals surface area contributed by atoms with Gasteiger partial charge in [-0.1, -0.05) is 30.3 Å². The minimum atomic E-state index is -0.884. The van der Waals surface area contributed by atoms with Crippen molar-refractivity contribution in [2.75, 3.05) is 0 Å². The predicted octanol–water partition coefficient (Wildman–Crippen LogP) is 4.86. The first-order valence-corrected chi connectivity index (χ1v) is 9.36. The van der Waals surface area contributed by atoms with E-state index < -0.39 is 5.97 Å². The summed E-state index contributed by atoms with van der Waals surface area (Å²) >= 11 is 6.74. The fourth-order valence-corrected chi connectivity index (χ4v) is 4.24. The highest BCUT2D eigenvalue weighted by atomic mass is 32.1. The normalized spacial score (nSPS) is 13.9. The summed E-state index contributed by atoms with van der Waals surface area (Å²) in [5.74, 6) is -0.827. The Morgan fingerprint density at radius 1 is 1.19 bits per heavy atom. The zero-order valence-corrected chi connectivity index (χ0v) is 15.6. The molecule has 0 radical (unpaired) electrons. The van der Waals surface area contributed by atoms with Crippen LogP contribution in [0.25, 0.3) is 17.3 Å². The molecule has 0 saturated heterocycles. The first-order chi connectivity index (χ1) is 13.0. The number of hydrogen-bond donors (Lipinski definition) is 2. The summed E-state index contributed by atoms with van der Waals surface area (Å²) in [5, 5.41) is 19.6. The molecule has 3 aromatic rings. The molecule has 7 heteroatoms. The number of allylic oxidation sites excluding steroid dienone is 1. The standard InChI is InChI=1S/C20H14N2O3S2/c23-18(24)9-12-5-7-14(8-6-12)22-19(25)17(27-20(22)26)10-13-11-21-16-4-2-1-3-15(13)16/h1-8,10-11,25H,9H2,(H,23,24)/b13-10+. The van der Waals surface area contributed by atoms with Crippen molar-refractivity contribution in [3.8, 4) is 11.6 Å². The van der Waals surface area contributed by atoms with Gasteiger partial charge < -0.3 is 10.2 Å². The summed E-state index contributed by atoms with van der Waals surface area (Å²) in [5.41, 5.74) is 4.21. The summed E-state index contributed by atoms with van der Waals surface area (Å²) in [6.45, 7) is 0. The first kappa shape index (κ1) is 17.4. The molecule has 0 amide bonds. The molecule has 0 spiro atoms. The highest BCUT2D eigenvalue weighted by Crippen LogP contribution is 2.36. The Morgan fingerprint density at radius 3 is 2.67 bits per heavy atom. The SMILES string of the molecule is O=C(O)Cc1ccc(-n2c(O)c(/C=C3\C=Nc4ccccc43)sc2=S)cc1. The maximum atomic E-state index is 10.8. The van der Waals surface area contributed by atoms with Gasteiger partial charge in [-0.05, 0) is 42.1 Å². The van der Waals surface area contributed by atoms with Crippen LogP contribution in [0.3, 0.4) is 0 Å². The van der Waals surface area contributed by atoms with Crippen LogP contribution in [0.2, 0.25) is 0 Å². The number of para-hydroxylation sites is 1. The van der Waals surface area contributed by atoms with Crippen molar-refractivity contribution >= 4 is 53.1 Å². The molecule has 0 fully saturated rings. The van der Waals surface area contributed by atoms with Crippen LogP contribution in [0, 0.1) is 3.95 Å². The van der Waals surface area contributed by atoms with E-state index in [0.717, 1.165) is 16.8 Å². The number of carboxylic acids is 1. The van der Waals surface area contributed by atoms with Crippen LogP contribution >= 0.6 is 23.6 Å². The highest BCUT2D eigenvalue weighted by molar-refractivity contribution is 7.73. The molecule has 0 saturated carbocycles. The second-order valence-corrected chi connectivity index (χ2v) is 7.68. The molecule has 4 rings (SSSR count). The predicted molar refractivity (Wildman–Crippen MR) is 110 cm³/mol. The van der Waals surface area contributed by atoms with Crippen molar-refractivity contribution in [1.82, 2.24) is 4.57 Å². The third kappa shape index (κ3) is 3.34. The fourth-order valence-electron chi connectivity index (χ4n) is 2.94. The van der Waals surface area contributed by atoms with Crippen molar-refractivity contribution in [2.24, 2.45) is 4.99 Å². The molecule has 1 aliphatic heterocycles. The van der Waals surface area contributed by atoms with E-state index in [2.05, 4.69) is 4.99 Å². The lowest BCUT2D eigenvalue weighted by atomic mass is 10.1. The molecule has 1 aliphatic rings. The Morgan fingerprint density at radius 2 is 1.93 bits per heavy atom. The van der Waals surface area contributed by atoms with Gasteiger partial charge in [0.05, 0.1) is 22.7 Å². The molecule has 0 bridgehead atoms. The summed E-state index contributed by atoms with van der Waals surface area (Å²) in [6.07, 6.45) is 3.61. The number of aliphatic imine (C=N–C) groups is 1. The highest BCUT2D eigenvalue weighted by Gasteiger charge is 2.16. The number of benzene rings is 2. The van der Waals surface area contributed by atoms with Gasteiger partial charge in [0, 0.05) is 17.4 Å². The van der Waals surface area contributed by atoms with Crippen molar-refractivity contribution in [1.29, 1.82) is 0 Å².